The van der Waals surface area contributed by atoms with E-state index in [0.717, 1.165) is 24.6 Å². The Bertz CT molecular complexity index is 384. The second-order valence-electron chi connectivity index (χ2n) is 3.42. The van der Waals surface area contributed by atoms with E-state index < -0.39 is 10.7 Å². The molecule has 0 aliphatic rings. The SMILES string of the molecule is COCCCCOc1cc(F)ccc1[N+](=O)[O-]. The van der Waals surface area contributed by atoms with Gasteiger partial charge in [0.2, 0.25) is 0 Å². The molecule has 0 unspecified atom stereocenters. The summed E-state index contributed by atoms with van der Waals surface area (Å²) in [6.07, 6.45) is 1.49. The van der Waals surface area contributed by atoms with Gasteiger partial charge in [0.05, 0.1) is 11.5 Å². The molecular weight excluding hydrogens is 229 g/mol. The third-order valence-corrected chi connectivity index (χ3v) is 2.12. The first-order chi connectivity index (χ1) is 8.15. The predicted molar refractivity (Wildman–Crippen MR) is 59.7 cm³/mol. The fourth-order valence-corrected chi connectivity index (χ4v) is 1.28. The minimum Gasteiger partial charge on any atom is -0.487 e. The van der Waals surface area contributed by atoms with Gasteiger partial charge < -0.3 is 9.47 Å². The van der Waals surface area contributed by atoms with Gasteiger partial charge in [-0.2, -0.15) is 0 Å². The lowest BCUT2D eigenvalue weighted by molar-refractivity contribution is -0.385. The van der Waals surface area contributed by atoms with E-state index >= 15 is 0 Å². The van der Waals surface area contributed by atoms with E-state index in [1.807, 2.05) is 0 Å². The van der Waals surface area contributed by atoms with Gasteiger partial charge in [-0.15, -0.1) is 0 Å². The van der Waals surface area contributed by atoms with Crippen LogP contribution in [-0.4, -0.2) is 25.2 Å². The molecule has 0 N–H and O–H groups in total. The molecule has 1 rings (SSSR count). The standard InChI is InChI=1S/C11H14FNO4/c1-16-6-2-3-7-17-11-8-9(12)4-5-10(11)13(14)15/h4-5,8H,2-3,6-7H2,1H3. The Kier molecular flexibility index (Phi) is 5.35. The van der Waals surface area contributed by atoms with Gasteiger partial charge in [0.15, 0.2) is 5.75 Å². The minimum atomic E-state index is -0.593. The maximum absolute atomic E-state index is 12.9. The molecule has 0 radical (unpaired) electrons. The zero-order valence-corrected chi connectivity index (χ0v) is 9.52. The first-order valence-corrected chi connectivity index (χ1v) is 5.21. The average molecular weight is 243 g/mol. The molecule has 0 spiro atoms. The van der Waals surface area contributed by atoms with Crippen LogP contribution < -0.4 is 4.74 Å². The van der Waals surface area contributed by atoms with Gasteiger partial charge >= 0.3 is 5.69 Å². The van der Waals surface area contributed by atoms with Gasteiger partial charge in [-0.05, 0) is 18.9 Å². The molecule has 0 aliphatic heterocycles. The number of halogens is 1. The molecule has 5 nitrogen and oxygen atoms in total. The van der Waals surface area contributed by atoms with Crippen LogP contribution in [0.3, 0.4) is 0 Å². The van der Waals surface area contributed by atoms with Crippen LogP contribution in [0.4, 0.5) is 10.1 Å². The second-order valence-corrected chi connectivity index (χ2v) is 3.42. The molecule has 94 valence electrons. The fraction of sp³-hybridized carbons (Fsp3) is 0.455. The van der Waals surface area contributed by atoms with Gasteiger partial charge in [-0.1, -0.05) is 0 Å². The summed E-state index contributed by atoms with van der Waals surface area (Å²) in [5.74, 6) is -0.588. The van der Waals surface area contributed by atoms with Crippen LogP contribution in [0.25, 0.3) is 0 Å². The molecule has 0 aromatic heterocycles. The predicted octanol–water partition coefficient (Wildman–Crippen LogP) is 2.54. The van der Waals surface area contributed by atoms with Crippen molar-refractivity contribution in [3.8, 4) is 5.75 Å². The Morgan fingerprint density at radius 1 is 1.35 bits per heavy atom. The highest BCUT2D eigenvalue weighted by Gasteiger charge is 2.15. The summed E-state index contributed by atoms with van der Waals surface area (Å²) in [7, 11) is 1.60. The molecule has 0 atom stereocenters. The van der Waals surface area contributed by atoms with Crippen molar-refractivity contribution in [1.29, 1.82) is 0 Å². The van der Waals surface area contributed by atoms with Crippen LogP contribution in [0, 0.1) is 15.9 Å². The number of nitro benzene ring substituents is 1. The van der Waals surface area contributed by atoms with Crippen LogP contribution >= 0.6 is 0 Å². The number of methoxy groups -OCH3 is 1. The number of rotatable bonds is 7. The van der Waals surface area contributed by atoms with Crippen LogP contribution in [0.5, 0.6) is 5.75 Å². The van der Waals surface area contributed by atoms with E-state index in [2.05, 4.69) is 0 Å². The highest BCUT2D eigenvalue weighted by atomic mass is 19.1. The third kappa shape index (κ3) is 4.36. The largest absolute Gasteiger partial charge is 0.487 e. The maximum Gasteiger partial charge on any atom is 0.311 e. The van der Waals surface area contributed by atoms with Crippen molar-refractivity contribution in [1.82, 2.24) is 0 Å². The van der Waals surface area contributed by atoms with Crippen molar-refractivity contribution in [2.75, 3.05) is 20.3 Å². The molecule has 0 amide bonds. The number of unbranched alkanes of at least 4 members (excludes halogenated alkanes) is 1. The van der Waals surface area contributed by atoms with E-state index in [9.17, 15) is 14.5 Å². The van der Waals surface area contributed by atoms with E-state index in [4.69, 9.17) is 9.47 Å². The summed E-state index contributed by atoms with van der Waals surface area (Å²) < 4.78 is 23.0. The van der Waals surface area contributed by atoms with Crippen molar-refractivity contribution in [3.05, 3.63) is 34.1 Å². The van der Waals surface area contributed by atoms with Crippen LogP contribution in [0.2, 0.25) is 0 Å². The highest BCUT2D eigenvalue weighted by molar-refractivity contribution is 5.46. The zero-order chi connectivity index (χ0) is 12.7. The molecule has 0 saturated heterocycles. The lowest BCUT2D eigenvalue weighted by Gasteiger charge is -2.06. The summed E-state index contributed by atoms with van der Waals surface area (Å²) >= 11 is 0. The van der Waals surface area contributed by atoms with Crippen molar-refractivity contribution in [2.24, 2.45) is 0 Å². The lowest BCUT2D eigenvalue weighted by Crippen LogP contribution is -2.02. The van der Waals surface area contributed by atoms with Gasteiger partial charge in [-0.25, -0.2) is 4.39 Å². The average Bonchev–Trinajstić information content (AvgIpc) is 2.28. The topological polar surface area (TPSA) is 61.6 Å². The van der Waals surface area contributed by atoms with Gasteiger partial charge in [0.1, 0.15) is 5.82 Å². The Morgan fingerprint density at radius 2 is 2.06 bits per heavy atom. The third-order valence-electron chi connectivity index (χ3n) is 2.12. The molecular formula is C11H14FNO4. The Labute approximate surface area is 98.3 Å². The van der Waals surface area contributed by atoms with Crippen LogP contribution in [-0.2, 0) is 4.74 Å². The summed E-state index contributed by atoms with van der Waals surface area (Å²) in [5, 5.41) is 10.7. The smallest absolute Gasteiger partial charge is 0.311 e. The molecule has 0 aliphatic carbocycles. The summed E-state index contributed by atoms with van der Waals surface area (Å²) in [6, 6.07) is 3.16. The zero-order valence-electron chi connectivity index (χ0n) is 9.52. The van der Waals surface area contributed by atoms with Crippen molar-refractivity contribution in [2.45, 2.75) is 12.8 Å². The first kappa shape index (κ1) is 13.4. The summed E-state index contributed by atoms with van der Waals surface area (Å²) in [6.45, 7) is 0.905. The Hall–Kier alpha value is -1.69. The highest BCUT2D eigenvalue weighted by Crippen LogP contribution is 2.27. The van der Waals surface area contributed by atoms with Gasteiger partial charge in [-0.3, -0.25) is 10.1 Å². The minimum absolute atomic E-state index is 0.0348. The van der Waals surface area contributed by atoms with Gasteiger partial charge in [0, 0.05) is 25.8 Å². The molecule has 0 heterocycles. The normalized spacial score (nSPS) is 10.2. The maximum atomic E-state index is 12.9. The summed E-state index contributed by atoms with van der Waals surface area (Å²) in [4.78, 5) is 10.1. The number of benzene rings is 1. The molecule has 17 heavy (non-hydrogen) atoms. The number of hydrogen-bond acceptors (Lipinski definition) is 4. The molecule has 0 bridgehead atoms. The van der Waals surface area contributed by atoms with E-state index in [1.165, 1.54) is 0 Å². The molecule has 0 saturated carbocycles. The Balaban J connectivity index is 2.56. The number of nitrogens with zero attached hydrogens (tertiary/aromatic N) is 1. The quantitative estimate of drug-likeness (QED) is 0.419. The number of nitro groups is 1. The monoisotopic (exact) mass is 243 g/mol. The second kappa shape index (κ2) is 6.80. The van der Waals surface area contributed by atoms with Crippen LogP contribution in [0.1, 0.15) is 12.8 Å². The Morgan fingerprint density at radius 3 is 2.71 bits per heavy atom. The number of hydrogen-bond donors (Lipinski definition) is 0. The van der Waals surface area contributed by atoms with Crippen molar-refractivity contribution in [3.63, 3.8) is 0 Å². The lowest BCUT2D eigenvalue weighted by atomic mass is 10.3. The van der Waals surface area contributed by atoms with Crippen molar-refractivity contribution >= 4 is 5.69 Å². The van der Waals surface area contributed by atoms with Gasteiger partial charge in [0.25, 0.3) is 0 Å². The van der Waals surface area contributed by atoms with Crippen LogP contribution in [0.15, 0.2) is 18.2 Å². The fourth-order valence-electron chi connectivity index (χ4n) is 1.28. The molecule has 1 aromatic carbocycles. The molecule has 1 aromatic rings. The first-order valence-electron chi connectivity index (χ1n) is 5.21. The molecule has 0 fully saturated rings. The summed E-state index contributed by atoms with van der Waals surface area (Å²) in [5.41, 5.74) is -0.224. The number of ether oxygens (including phenoxy) is 2. The van der Waals surface area contributed by atoms with Crippen molar-refractivity contribution < 1.29 is 18.8 Å². The molecule has 6 heteroatoms. The van der Waals surface area contributed by atoms with E-state index in [0.29, 0.717) is 19.6 Å². The van der Waals surface area contributed by atoms with E-state index in [1.54, 1.807) is 7.11 Å². The van der Waals surface area contributed by atoms with E-state index in [-0.39, 0.29) is 11.4 Å².